The Hall–Kier alpha value is -1.68. The Morgan fingerprint density at radius 1 is 1.43 bits per heavy atom. The lowest BCUT2D eigenvalue weighted by Gasteiger charge is -2.32. The number of alkyl halides is 3. The van der Waals surface area contributed by atoms with Gasteiger partial charge in [0.2, 0.25) is 10.1 Å². The minimum absolute atomic E-state index is 0.0217. The lowest BCUT2D eigenvalue weighted by Crippen LogP contribution is -2.39. The quantitative estimate of drug-likeness (QED) is 0.914. The van der Waals surface area contributed by atoms with Crippen molar-refractivity contribution in [2.24, 2.45) is 0 Å². The van der Waals surface area contributed by atoms with Gasteiger partial charge < -0.3 is 10.0 Å². The summed E-state index contributed by atoms with van der Waals surface area (Å²) in [5.74, 6) is -1.11. The van der Waals surface area contributed by atoms with E-state index in [2.05, 4.69) is 10.2 Å². The van der Waals surface area contributed by atoms with Crippen LogP contribution in [-0.4, -0.2) is 27.8 Å². The predicted molar refractivity (Wildman–Crippen MR) is 70.7 cm³/mol. The number of hydrogen-bond donors (Lipinski definition) is 1. The van der Waals surface area contributed by atoms with Crippen LogP contribution in [0.3, 0.4) is 0 Å². The Morgan fingerprint density at radius 3 is 2.81 bits per heavy atom. The van der Waals surface area contributed by atoms with Gasteiger partial charge in [0.25, 0.3) is 0 Å². The molecule has 0 saturated carbocycles. The van der Waals surface area contributed by atoms with Crippen molar-refractivity contribution in [1.29, 1.82) is 0 Å². The predicted octanol–water partition coefficient (Wildman–Crippen LogP) is 2.81. The molecule has 0 amide bonds. The number of halogens is 3. The summed E-state index contributed by atoms with van der Waals surface area (Å²) >= 11 is 1.81. The Labute approximate surface area is 124 Å². The van der Waals surface area contributed by atoms with Crippen molar-refractivity contribution in [3.63, 3.8) is 0 Å². The van der Waals surface area contributed by atoms with Crippen LogP contribution in [0.15, 0.2) is 11.4 Å². The molecule has 1 atom stereocenters. The van der Waals surface area contributed by atoms with Gasteiger partial charge in [0.15, 0.2) is 6.04 Å². The lowest BCUT2D eigenvalue weighted by molar-refractivity contribution is -0.139. The highest BCUT2D eigenvalue weighted by molar-refractivity contribution is 7.15. The fourth-order valence-corrected chi connectivity index (χ4v) is 3.90. The summed E-state index contributed by atoms with van der Waals surface area (Å²) in [6.07, 6.45) is -3.99. The lowest BCUT2D eigenvalue weighted by atomic mass is 10.0. The number of carbonyl (C=O) groups is 1. The first kappa shape index (κ1) is 14.3. The van der Waals surface area contributed by atoms with Gasteiger partial charge in [-0.3, -0.25) is 0 Å². The number of aromatic nitrogens is 2. The molecule has 1 unspecified atom stereocenters. The van der Waals surface area contributed by atoms with Crippen molar-refractivity contribution in [1.82, 2.24) is 10.2 Å². The molecule has 5 nitrogen and oxygen atoms in total. The third-order valence-electron chi connectivity index (χ3n) is 3.10. The Morgan fingerprint density at radius 2 is 2.19 bits per heavy atom. The zero-order valence-corrected chi connectivity index (χ0v) is 11.9. The van der Waals surface area contributed by atoms with Crippen molar-refractivity contribution in [2.45, 2.75) is 18.6 Å². The van der Waals surface area contributed by atoms with Crippen LogP contribution in [0, 0.1) is 0 Å². The molecule has 0 bridgehead atoms. The van der Waals surface area contributed by atoms with Gasteiger partial charge in [-0.2, -0.15) is 13.2 Å². The zero-order chi connectivity index (χ0) is 15.2. The van der Waals surface area contributed by atoms with Crippen LogP contribution >= 0.6 is 22.7 Å². The summed E-state index contributed by atoms with van der Waals surface area (Å²) < 4.78 is 37.8. The highest BCUT2D eigenvalue weighted by Crippen LogP contribution is 2.40. The molecule has 2 aromatic heterocycles. The minimum atomic E-state index is -4.57. The van der Waals surface area contributed by atoms with Gasteiger partial charge in [-0.05, 0) is 23.4 Å². The van der Waals surface area contributed by atoms with Crippen molar-refractivity contribution >= 4 is 33.8 Å². The van der Waals surface area contributed by atoms with Crippen molar-refractivity contribution in [3.8, 4) is 0 Å². The third kappa shape index (κ3) is 2.48. The fraction of sp³-hybridized carbons (Fsp3) is 0.364. The van der Waals surface area contributed by atoms with E-state index < -0.39 is 23.2 Å². The van der Waals surface area contributed by atoms with Gasteiger partial charge in [-0.25, -0.2) is 4.79 Å². The van der Waals surface area contributed by atoms with Gasteiger partial charge in [0.1, 0.15) is 0 Å². The highest BCUT2D eigenvalue weighted by Gasteiger charge is 2.39. The van der Waals surface area contributed by atoms with E-state index in [4.69, 9.17) is 0 Å². The molecule has 0 fully saturated rings. The summed E-state index contributed by atoms with van der Waals surface area (Å²) in [5.41, 5.74) is 0.613. The first-order valence-corrected chi connectivity index (χ1v) is 7.54. The molecular formula is C11H8F3N3O2S2. The zero-order valence-electron chi connectivity index (χ0n) is 10.3. The van der Waals surface area contributed by atoms with Gasteiger partial charge in [-0.15, -0.1) is 21.5 Å². The molecule has 1 N–H and O–H groups in total. The van der Waals surface area contributed by atoms with E-state index in [0.717, 1.165) is 4.88 Å². The Bertz CT molecular complexity index is 682. The van der Waals surface area contributed by atoms with E-state index in [-0.39, 0.29) is 5.13 Å². The summed E-state index contributed by atoms with van der Waals surface area (Å²) in [6.45, 7) is 0.303. The summed E-state index contributed by atoms with van der Waals surface area (Å²) in [5, 5.41) is 16.7. The first-order valence-electron chi connectivity index (χ1n) is 5.84. The molecule has 21 heavy (non-hydrogen) atoms. The molecule has 0 radical (unpaired) electrons. The van der Waals surface area contributed by atoms with E-state index in [0.29, 0.717) is 29.9 Å². The topological polar surface area (TPSA) is 66.3 Å². The second-order valence-electron chi connectivity index (χ2n) is 4.37. The average molecular weight is 335 g/mol. The second kappa shape index (κ2) is 4.95. The van der Waals surface area contributed by atoms with Gasteiger partial charge >= 0.3 is 12.1 Å². The number of carboxylic acids is 1. The Kier molecular flexibility index (Phi) is 3.36. The van der Waals surface area contributed by atoms with E-state index >= 15 is 0 Å². The maximum atomic E-state index is 12.6. The molecule has 112 valence electrons. The van der Waals surface area contributed by atoms with Gasteiger partial charge in [0.05, 0.1) is 0 Å². The number of carboxylic acid groups (broad SMARTS) is 1. The van der Waals surface area contributed by atoms with E-state index in [9.17, 15) is 23.1 Å². The summed E-state index contributed by atoms with van der Waals surface area (Å²) in [4.78, 5) is 13.8. The molecule has 0 spiro atoms. The normalized spacial score (nSPS) is 18.6. The standard InChI is InChI=1S/C11H8F3N3O2S2/c12-11(13,14)9-15-16-10(21-9)17-3-1-6-5(2-4-20-6)7(17)8(18)19/h2,4,7H,1,3H2,(H,18,19). The third-order valence-corrected chi connectivity index (χ3v) is 5.10. The fourth-order valence-electron chi connectivity index (χ4n) is 2.23. The highest BCUT2D eigenvalue weighted by atomic mass is 32.1. The molecule has 10 heteroatoms. The number of rotatable bonds is 2. The molecule has 0 saturated heterocycles. The molecule has 2 aromatic rings. The molecular weight excluding hydrogens is 327 g/mol. The van der Waals surface area contributed by atoms with Crippen LogP contribution in [0.2, 0.25) is 0 Å². The first-order chi connectivity index (χ1) is 9.88. The van der Waals surface area contributed by atoms with Crippen LogP contribution in [-0.2, 0) is 17.4 Å². The number of hydrogen-bond acceptors (Lipinski definition) is 6. The van der Waals surface area contributed by atoms with E-state index in [1.165, 1.54) is 16.2 Å². The largest absolute Gasteiger partial charge is 0.479 e. The minimum Gasteiger partial charge on any atom is -0.479 e. The summed E-state index contributed by atoms with van der Waals surface area (Å²) in [6, 6.07) is 0.672. The molecule has 0 aromatic carbocycles. The van der Waals surface area contributed by atoms with Gasteiger partial charge in [0, 0.05) is 11.4 Å². The molecule has 0 aliphatic carbocycles. The smallest absolute Gasteiger partial charge is 0.445 e. The monoisotopic (exact) mass is 335 g/mol. The van der Waals surface area contributed by atoms with Crippen LogP contribution in [0.1, 0.15) is 21.5 Å². The van der Waals surface area contributed by atoms with Crippen molar-refractivity contribution < 1.29 is 23.1 Å². The Balaban J connectivity index is 1.98. The van der Waals surface area contributed by atoms with Crippen LogP contribution in [0.4, 0.5) is 18.3 Å². The number of fused-ring (bicyclic) bond motifs is 1. The maximum Gasteiger partial charge on any atom is 0.445 e. The molecule has 3 heterocycles. The van der Waals surface area contributed by atoms with Crippen LogP contribution in [0.5, 0.6) is 0 Å². The van der Waals surface area contributed by atoms with Crippen LogP contribution < -0.4 is 4.90 Å². The maximum absolute atomic E-state index is 12.6. The second-order valence-corrected chi connectivity index (χ2v) is 6.33. The SMILES string of the molecule is O=C(O)C1c2ccsc2CCN1c1nnc(C(F)(F)F)s1. The van der Waals surface area contributed by atoms with E-state index in [1.54, 1.807) is 11.4 Å². The van der Waals surface area contributed by atoms with Gasteiger partial charge in [-0.1, -0.05) is 11.3 Å². The number of nitrogens with zero attached hydrogens (tertiary/aromatic N) is 3. The number of aliphatic carboxylic acids is 1. The van der Waals surface area contributed by atoms with Crippen molar-refractivity contribution in [2.75, 3.05) is 11.4 Å². The number of thiophene rings is 1. The van der Waals surface area contributed by atoms with Crippen molar-refractivity contribution in [3.05, 3.63) is 26.9 Å². The van der Waals surface area contributed by atoms with Crippen LogP contribution in [0.25, 0.3) is 0 Å². The number of anilines is 1. The molecule has 3 rings (SSSR count). The average Bonchev–Trinajstić information content (AvgIpc) is 3.05. The molecule has 1 aliphatic heterocycles. The van der Waals surface area contributed by atoms with E-state index in [1.807, 2.05) is 0 Å². The molecule has 1 aliphatic rings. The summed E-state index contributed by atoms with van der Waals surface area (Å²) in [7, 11) is 0.